The fourth-order valence-electron chi connectivity index (χ4n) is 1.81. The van der Waals surface area contributed by atoms with Crippen molar-refractivity contribution in [1.29, 1.82) is 0 Å². The highest BCUT2D eigenvalue weighted by atomic mass is 32.1. The van der Waals surface area contributed by atoms with Gasteiger partial charge in [0.05, 0.1) is 11.2 Å². The van der Waals surface area contributed by atoms with E-state index in [9.17, 15) is 0 Å². The van der Waals surface area contributed by atoms with Gasteiger partial charge in [0.2, 0.25) is 0 Å². The van der Waals surface area contributed by atoms with E-state index >= 15 is 0 Å². The van der Waals surface area contributed by atoms with E-state index in [1.54, 1.807) is 6.20 Å². The predicted molar refractivity (Wildman–Crippen MR) is 85.3 cm³/mol. The molecule has 0 aliphatic carbocycles. The maximum atomic E-state index is 5.98. The molecule has 2 heterocycles. The normalized spacial score (nSPS) is 19.6. The van der Waals surface area contributed by atoms with Crippen molar-refractivity contribution in [2.45, 2.75) is 45.3 Å². The van der Waals surface area contributed by atoms with Crippen LogP contribution in [0.25, 0.3) is 0 Å². The van der Waals surface area contributed by atoms with E-state index in [2.05, 4.69) is 29.5 Å². The van der Waals surface area contributed by atoms with Crippen molar-refractivity contribution in [3.8, 4) is 11.8 Å². The number of rotatable bonds is 2. The molecule has 0 radical (unpaired) electrons. The molecule has 0 unspecified atom stereocenters. The van der Waals surface area contributed by atoms with Crippen molar-refractivity contribution >= 4 is 25.2 Å². The van der Waals surface area contributed by atoms with Gasteiger partial charge in [0.1, 0.15) is 5.69 Å². The van der Waals surface area contributed by atoms with Gasteiger partial charge in [-0.3, -0.25) is 0 Å². The first kappa shape index (κ1) is 15.4. The van der Waals surface area contributed by atoms with Crippen LogP contribution >= 0.6 is 12.6 Å². The van der Waals surface area contributed by atoms with E-state index in [0.29, 0.717) is 0 Å². The summed E-state index contributed by atoms with van der Waals surface area (Å²) in [5.74, 6) is 6.78. The molecule has 1 aliphatic heterocycles. The summed E-state index contributed by atoms with van der Waals surface area (Å²) in [6, 6.07) is 3.85. The molecule has 2 rings (SSSR count). The van der Waals surface area contributed by atoms with Gasteiger partial charge in [-0.25, -0.2) is 4.98 Å². The van der Waals surface area contributed by atoms with Crippen LogP contribution in [0.15, 0.2) is 18.3 Å². The zero-order valence-corrected chi connectivity index (χ0v) is 13.3. The molecule has 1 saturated heterocycles. The largest absolute Gasteiger partial charge is 0.496 e. The van der Waals surface area contributed by atoms with Crippen LogP contribution in [-0.2, 0) is 9.31 Å². The van der Waals surface area contributed by atoms with Crippen LogP contribution < -0.4 is 5.46 Å². The lowest BCUT2D eigenvalue weighted by Crippen LogP contribution is -2.41. The summed E-state index contributed by atoms with van der Waals surface area (Å²) >= 11 is 4.12. The first-order chi connectivity index (χ1) is 9.36. The maximum absolute atomic E-state index is 5.98. The van der Waals surface area contributed by atoms with Crippen LogP contribution in [0.3, 0.4) is 0 Å². The Bertz CT molecular complexity index is 515. The number of pyridine rings is 1. The predicted octanol–water partition coefficient (Wildman–Crippen LogP) is 2.05. The lowest BCUT2D eigenvalue weighted by Gasteiger charge is -2.32. The summed E-state index contributed by atoms with van der Waals surface area (Å²) in [5.41, 5.74) is 1.02. The lowest BCUT2D eigenvalue weighted by atomic mass is 9.80. The Kier molecular flexibility index (Phi) is 4.48. The quantitative estimate of drug-likeness (QED) is 0.513. The van der Waals surface area contributed by atoms with Crippen LogP contribution in [0.1, 0.15) is 39.8 Å². The third-order valence-corrected chi connectivity index (χ3v) is 3.99. The highest BCUT2D eigenvalue weighted by Gasteiger charge is 2.51. The molecule has 0 amide bonds. The highest BCUT2D eigenvalue weighted by Crippen LogP contribution is 2.36. The van der Waals surface area contributed by atoms with Crippen molar-refractivity contribution in [1.82, 2.24) is 4.98 Å². The van der Waals surface area contributed by atoms with Gasteiger partial charge in [0.15, 0.2) is 0 Å². The van der Waals surface area contributed by atoms with Crippen molar-refractivity contribution in [3.05, 3.63) is 24.0 Å². The van der Waals surface area contributed by atoms with E-state index in [1.807, 2.05) is 39.8 Å². The van der Waals surface area contributed by atoms with Crippen molar-refractivity contribution in [2.24, 2.45) is 0 Å². The summed E-state index contributed by atoms with van der Waals surface area (Å²) in [4.78, 5) is 4.33. The van der Waals surface area contributed by atoms with Crippen molar-refractivity contribution < 1.29 is 9.31 Å². The Morgan fingerprint density at radius 3 is 2.35 bits per heavy atom. The van der Waals surface area contributed by atoms with Crippen LogP contribution in [-0.4, -0.2) is 29.1 Å². The molecule has 106 valence electrons. The maximum Gasteiger partial charge on any atom is 0.496 e. The topological polar surface area (TPSA) is 31.4 Å². The first-order valence-corrected chi connectivity index (χ1v) is 7.40. The Balaban J connectivity index is 2.11. The molecule has 1 aromatic heterocycles. The third kappa shape index (κ3) is 3.20. The van der Waals surface area contributed by atoms with Gasteiger partial charge in [-0.2, -0.15) is 12.6 Å². The molecule has 5 heteroatoms. The summed E-state index contributed by atoms with van der Waals surface area (Å²) in [7, 11) is -0.369. The number of nitrogens with zero attached hydrogens (tertiary/aromatic N) is 1. The standard InChI is InChI=1S/C15H20BNO2S/c1-14(2)15(3,4)19-16(18-14)12-8-9-13(17-11-12)7-5-6-10-20/h8-9,11,20H,6,10H2,1-4H3. The molecule has 0 spiro atoms. The molecule has 0 aromatic carbocycles. The fourth-order valence-corrected chi connectivity index (χ4v) is 1.92. The van der Waals surface area contributed by atoms with E-state index in [-0.39, 0.29) is 18.3 Å². The fraction of sp³-hybridized carbons (Fsp3) is 0.533. The first-order valence-electron chi connectivity index (χ1n) is 6.77. The minimum absolute atomic E-state index is 0.331. The zero-order valence-electron chi connectivity index (χ0n) is 12.4. The second kappa shape index (κ2) is 5.81. The van der Waals surface area contributed by atoms with Gasteiger partial charge in [-0.05, 0) is 39.7 Å². The third-order valence-electron chi connectivity index (χ3n) is 3.77. The smallest absolute Gasteiger partial charge is 0.399 e. The average Bonchev–Trinajstić information content (AvgIpc) is 2.60. The van der Waals surface area contributed by atoms with Gasteiger partial charge in [0, 0.05) is 23.8 Å². The summed E-state index contributed by atoms with van der Waals surface area (Å²) < 4.78 is 12.0. The molecule has 1 aliphatic rings. The van der Waals surface area contributed by atoms with Gasteiger partial charge < -0.3 is 9.31 Å². The number of thiol groups is 1. The summed E-state index contributed by atoms with van der Waals surface area (Å²) in [5, 5.41) is 0. The molecule has 0 bridgehead atoms. The molecular weight excluding hydrogens is 269 g/mol. The Labute approximate surface area is 127 Å². The van der Waals surface area contributed by atoms with Crippen LogP contribution in [0.4, 0.5) is 0 Å². The van der Waals surface area contributed by atoms with Crippen LogP contribution in [0.5, 0.6) is 0 Å². The monoisotopic (exact) mass is 289 g/mol. The Morgan fingerprint density at radius 1 is 1.20 bits per heavy atom. The molecule has 1 aromatic rings. The van der Waals surface area contributed by atoms with Gasteiger partial charge in [0.25, 0.3) is 0 Å². The van der Waals surface area contributed by atoms with E-state index in [0.717, 1.165) is 23.3 Å². The Morgan fingerprint density at radius 2 is 1.85 bits per heavy atom. The number of aromatic nitrogens is 1. The van der Waals surface area contributed by atoms with Crippen molar-refractivity contribution in [3.63, 3.8) is 0 Å². The summed E-state index contributed by atoms with van der Waals surface area (Å²) in [6.45, 7) is 8.16. The number of hydrogen-bond donors (Lipinski definition) is 1. The lowest BCUT2D eigenvalue weighted by molar-refractivity contribution is 0.00578. The molecular formula is C15H20BNO2S. The van der Waals surface area contributed by atoms with Gasteiger partial charge in [-0.15, -0.1) is 0 Å². The SMILES string of the molecule is CC1(C)OB(c2ccc(C#CCCS)nc2)OC1(C)C. The highest BCUT2D eigenvalue weighted by molar-refractivity contribution is 7.80. The molecule has 0 N–H and O–H groups in total. The van der Waals surface area contributed by atoms with Crippen LogP contribution in [0.2, 0.25) is 0 Å². The molecule has 0 saturated carbocycles. The summed E-state index contributed by atoms with van der Waals surface area (Å²) in [6.07, 6.45) is 2.54. The van der Waals surface area contributed by atoms with Gasteiger partial charge in [-0.1, -0.05) is 12.0 Å². The molecule has 0 atom stereocenters. The average molecular weight is 289 g/mol. The molecule has 3 nitrogen and oxygen atoms in total. The zero-order chi connectivity index (χ0) is 14.8. The minimum Gasteiger partial charge on any atom is -0.399 e. The van der Waals surface area contributed by atoms with E-state index in [1.165, 1.54) is 0 Å². The Hall–Kier alpha value is -0.955. The number of hydrogen-bond acceptors (Lipinski definition) is 4. The second-order valence-corrected chi connectivity index (χ2v) is 6.29. The van der Waals surface area contributed by atoms with Gasteiger partial charge >= 0.3 is 7.12 Å². The van der Waals surface area contributed by atoms with E-state index in [4.69, 9.17) is 9.31 Å². The second-order valence-electron chi connectivity index (χ2n) is 5.84. The minimum atomic E-state index is -0.369. The van der Waals surface area contributed by atoms with E-state index < -0.39 is 0 Å². The van der Waals surface area contributed by atoms with Crippen molar-refractivity contribution in [2.75, 3.05) is 5.75 Å². The van der Waals surface area contributed by atoms with Crippen LogP contribution in [0, 0.1) is 11.8 Å². The molecule has 20 heavy (non-hydrogen) atoms. The molecule has 1 fully saturated rings.